The summed E-state index contributed by atoms with van der Waals surface area (Å²) in [6, 6.07) is 6.12. The van der Waals surface area contributed by atoms with Gasteiger partial charge in [0.05, 0.1) is 11.0 Å². The number of benzene rings is 1. The second-order valence-corrected chi connectivity index (χ2v) is 7.23. The van der Waals surface area contributed by atoms with Crippen molar-refractivity contribution in [1.29, 1.82) is 0 Å². The average Bonchev–Trinajstić information content (AvgIpc) is 2.91. The van der Waals surface area contributed by atoms with Gasteiger partial charge in [-0.3, -0.25) is 4.18 Å². The summed E-state index contributed by atoms with van der Waals surface area (Å²) in [6.45, 7) is 0. The molecule has 0 unspecified atom stereocenters. The lowest BCUT2D eigenvalue weighted by atomic mass is 9.98. The Bertz CT molecular complexity index is 538. The molecule has 1 aromatic carbocycles. The van der Waals surface area contributed by atoms with Gasteiger partial charge in [-0.05, 0) is 61.8 Å². The molecule has 0 aromatic heterocycles. The highest BCUT2D eigenvalue weighted by atomic mass is 35.5. The van der Waals surface area contributed by atoms with Crippen LogP contribution in [0.4, 0.5) is 0 Å². The maximum absolute atomic E-state index is 12.1. The van der Waals surface area contributed by atoms with E-state index in [4.69, 9.17) is 15.8 Å². The summed E-state index contributed by atoms with van der Waals surface area (Å²) in [4.78, 5) is 0.190. The summed E-state index contributed by atoms with van der Waals surface area (Å²) in [5, 5.41) is 0.522. The molecule has 2 aliphatic rings. The second kappa shape index (κ2) is 4.51. The lowest BCUT2D eigenvalue weighted by Crippen LogP contribution is -2.24. The maximum atomic E-state index is 12.1. The third-order valence-electron chi connectivity index (χ3n) is 4.03. The van der Waals surface area contributed by atoms with E-state index < -0.39 is 10.1 Å². The van der Waals surface area contributed by atoms with Crippen LogP contribution >= 0.6 is 11.6 Å². The minimum atomic E-state index is -3.64. The molecule has 1 aromatic rings. The highest BCUT2D eigenvalue weighted by Crippen LogP contribution is 2.46. The Morgan fingerprint density at radius 3 is 2.39 bits per heavy atom. The summed E-state index contributed by atoms with van der Waals surface area (Å²) in [5.41, 5.74) is 0. The Kier molecular flexibility index (Phi) is 3.12. The van der Waals surface area contributed by atoms with Crippen LogP contribution in [0, 0.1) is 11.8 Å². The molecular weight excluding hydrogens is 272 g/mol. The maximum Gasteiger partial charge on any atom is 0.297 e. The molecule has 3 atom stereocenters. The van der Waals surface area contributed by atoms with Gasteiger partial charge in [-0.25, -0.2) is 0 Å². The van der Waals surface area contributed by atoms with Crippen LogP contribution in [0.5, 0.6) is 0 Å². The van der Waals surface area contributed by atoms with Gasteiger partial charge in [0, 0.05) is 5.02 Å². The first kappa shape index (κ1) is 12.5. The van der Waals surface area contributed by atoms with Crippen molar-refractivity contribution in [3.8, 4) is 0 Å². The Morgan fingerprint density at radius 1 is 1.11 bits per heavy atom. The normalized spacial score (nSPS) is 30.8. The first-order chi connectivity index (χ1) is 8.54. The van der Waals surface area contributed by atoms with Crippen LogP contribution in [0.15, 0.2) is 29.2 Å². The first-order valence-corrected chi connectivity index (χ1v) is 8.02. The molecule has 0 spiro atoms. The summed E-state index contributed by atoms with van der Waals surface area (Å²) < 4.78 is 29.6. The van der Waals surface area contributed by atoms with E-state index in [9.17, 15) is 8.42 Å². The quantitative estimate of drug-likeness (QED) is 0.801. The lowest BCUT2D eigenvalue weighted by molar-refractivity contribution is 0.145. The van der Waals surface area contributed by atoms with Crippen molar-refractivity contribution >= 4 is 21.7 Å². The standard InChI is InChI=1S/C13H15ClO3S/c14-11-3-5-12(6-4-11)18(15,16)17-13-8-9-1-2-10(13)7-9/h3-6,9-10,13H,1-2,7-8H2/t9-,10+,13-/m1/s1. The molecule has 0 radical (unpaired) electrons. The molecule has 5 heteroatoms. The molecule has 0 heterocycles. The van der Waals surface area contributed by atoms with Crippen molar-refractivity contribution in [3.63, 3.8) is 0 Å². The molecule has 3 nitrogen and oxygen atoms in total. The minimum Gasteiger partial charge on any atom is -0.263 e. The molecule has 0 aliphatic heterocycles. The van der Waals surface area contributed by atoms with Crippen LogP contribution in [0.25, 0.3) is 0 Å². The van der Waals surface area contributed by atoms with E-state index >= 15 is 0 Å². The van der Waals surface area contributed by atoms with Crippen LogP contribution in [0.2, 0.25) is 5.02 Å². The van der Waals surface area contributed by atoms with Gasteiger partial charge in [-0.2, -0.15) is 8.42 Å². The van der Waals surface area contributed by atoms with E-state index in [0.29, 0.717) is 16.9 Å². The monoisotopic (exact) mass is 286 g/mol. The molecule has 18 heavy (non-hydrogen) atoms. The average molecular weight is 287 g/mol. The molecular formula is C13H15ClO3S. The first-order valence-electron chi connectivity index (χ1n) is 6.23. The van der Waals surface area contributed by atoms with Crippen LogP contribution in [-0.4, -0.2) is 14.5 Å². The van der Waals surface area contributed by atoms with Gasteiger partial charge in [0.1, 0.15) is 0 Å². The fraction of sp³-hybridized carbons (Fsp3) is 0.538. The van der Waals surface area contributed by atoms with Crippen molar-refractivity contribution in [1.82, 2.24) is 0 Å². The summed E-state index contributed by atoms with van der Waals surface area (Å²) in [6.07, 6.45) is 4.22. The van der Waals surface area contributed by atoms with Gasteiger partial charge in [-0.1, -0.05) is 11.6 Å². The van der Waals surface area contributed by atoms with Crippen LogP contribution in [-0.2, 0) is 14.3 Å². The predicted octanol–water partition coefficient (Wildman–Crippen LogP) is 3.23. The van der Waals surface area contributed by atoms with Gasteiger partial charge in [0.15, 0.2) is 0 Å². The molecule has 2 saturated carbocycles. The van der Waals surface area contributed by atoms with Crippen molar-refractivity contribution < 1.29 is 12.6 Å². The van der Waals surface area contributed by atoms with Crippen LogP contribution in [0.1, 0.15) is 25.7 Å². The van der Waals surface area contributed by atoms with Gasteiger partial charge in [0.2, 0.25) is 0 Å². The van der Waals surface area contributed by atoms with E-state index in [1.807, 2.05) is 0 Å². The largest absolute Gasteiger partial charge is 0.297 e. The molecule has 2 aliphatic carbocycles. The third-order valence-corrected chi connectivity index (χ3v) is 5.63. The van der Waals surface area contributed by atoms with E-state index in [1.165, 1.54) is 18.6 Å². The Balaban J connectivity index is 1.77. The van der Waals surface area contributed by atoms with Crippen LogP contribution in [0.3, 0.4) is 0 Å². The van der Waals surface area contributed by atoms with Crippen molar-refractivity contribution in [3.05, 3.63) is 29.3 Å². The molecule has 0 saturated heterocycles. The zero-order valence-electron chi connectivity index (χ0n) is 9.88. The van der Waals surface area contributed by atoms with E-state index in [2.05, 4.69) is 0 Å². The molecule has 2 fully saturated rings. The van der Waals surface area contributed by atoms with Gasteiger partial charge in [0.25, 0.3) is 10.1 Å². The van der Waals surface area contributed by atoms with Gasteiger partial charge >= 0.3 is 0 Å². The zero-order valence-corrected chi connectivity index (χ0v) is 11.5. The molecule has 0 amide bonds. The Labute approximate surface area is 112 Å². The van der Waals surface area contributed by atoms with Gasteiger partial charge < -0.3 is 0 Å². The Hall–Kier alpha value is -0.580. The number of rotatable bonds is 3. The minimum absolute atomic E-state index is 0.121. The molecule has 0 N–H and O–H groups in total. The SMILES string of the molecule is O=S(=O)(O[C@@H]1C[C@@H]2CC[C@H]1C2)c1ccc(Cl)cc1. The Morgan fingerprint density at radius 2 is 1.83 bits per heavy atom. The lowest BCUT2D eigenvalue weighted by Gasteiger charge is -2.21. The third kappa shape index (κ3) is 2.29. The van der Waals surface area contributed by atoms with E-state index in [1.54, 1.807) is 12.1 Å². The molecule has 98 valence electrons. The summed E-state index contributed by atoms with van der Waals surface area (Å²) in [7, 11) is -3.64. The van der Waals surface area contributed by atoms with E-state index in [-0.39, 0.29) is 11.0 Å². The predicted molar refractivity (Wildman–Crippen MR) is 69.0 cm³/mol. The second-order valence-electron chi connectivity index (χ2n) is 5.22. The van der Waals surface area contributed by atoms with E-state index in [0.717, 1.165) is 19.3 Å². The van der Waals surface area contributed by atoms with Gasteiger partial charge in [-0.15, -0.1) is 0 Å². The molecule has 2 bridgehead atoms. The highest BCUT2D eigenvalue weighted by Gasteiger charge is 2.42. The van der Waals surface area contributed by atoms with Crippen LogP contribution < -0.4 is 0 Å². The zero-order chi connectivity index (χ0) is 12.8. The fourth-order valence-corrected chi connectivity index (χ4v) is 4.39. The molecule has 3 rings (SSSR count). The number of fused-ring (bicyclic) bond motifs is 2. The number of halogens is 1. The number of hydrogen-bond acceptors (Lipinski definition) is 3. The van der Waals surface area contributed by atoms with Crippen molar-refractivity contribution in [2.24, 2.45) is 11.8 Å². The van der Waals surface area contributed by atoms with Crippen molar-refractivity contribution in [2.45, 2.75) is 36.7 Å². The summed E-state index contributed by atoms with van der Waals surface area (Å²) >= 11 is 5.75. The topological polar surface area (TPSA) is 43.4 Å². The smallest absolute Gasteiger partial charge is 0.263 e. The van der Waals surface area contributed by atoms with Crippen molar-refractivity contribution in [2.75, 3.05) is 0 Å². The number of hydrogen-bond donors (Lipinski definition) is 0. The highest BCUT2D eigenvalue weighted by molar-refractivity contribution is 7.86. The fourth-order valence-electron chi connectivity index (χ4n) is 3.12. The summed E-state index contributed by atoms with van der Waals surface area (Å²) in [5.74, 6) is 1.09.